The van der Waals surface area contributed by atoms with Gasteiger partial charge in [-0.2, -0.15) is 0 Å². The van der Waals surface area contributed by atoms with Crippen molar-refractivity contribution in [1.82, 2.24) is 9.97 Å². The Bertz CT molecular complexity index is 865. The van der Waals surface area contributed by atoms with Crippen molar-refractivity contribution < 1.29 is 13.6 Å². The molecule has 0 unspecified atom stereocenters. The molecule has 0 spiro atoms. The number of amides is 1. The Morgan fingerprint density at radius 2 is 2.04 bits per heavy atom. The highest BCUT2D eigenvalue weighted by molar-refractivity contribution is 7.19. The molecule has 1 N–H and O–H groups in total. The first-order valence-corrected chi connectivity index (χ1v) is 7.50. The lowest BCUT2D eigenvalue weighted by Crippen LogP contribution is -2.12. The van der Waals surface area contributed by atoms with Crippen LogP contribution < -0.4 is 5.32 Å². The Kier molecular flexibility index (Phi) is 4.12. The summed E-state index contributed by atoms with van der Waals surface area (Å²) in [6.07, 6.45) is 3.38. The molecular formula is C16H11F2N3OS. The van der Waals surface area contributed by atoms with Crippen LogP contribution in [0.1, 0.15) is 16.1 Å². The van der Waals surface area contributed by atoms with E-state index in [1.807, 2.05) is 19.1 Å². The average Bonchev–Trinajstić information content (AvgIpc) is 2.91. The highest BCUT2D eigenvalue weighted by atomic mass is 32.1. The van der Waals surface area contributed by atoms with Crippen LogP contribution in [0.4, 0.5) is 13.9 Å². The van der Waals surface area contributed by atoms with Crippen LogP contribution in [0, 0.1) is 18.6 Å². The minimum atomic E-state index is -1.07. The topological polar surface area (TPSA) is 54.9 Å². The number of anilines is 1. The van der Waals surface area contributed by atoms with Crippen LogP contribution >= 0.6 is 11.3 Å². The number of rotatable bonds is 3. The molecular weight excluding hydrogens is 320 g/mol. The van der Waals surface area contributed by atoms with Crippen molar-refractivity contribution in [2.75, 3.05) is 5.32 Å². The third-order valence-corrected chi connectivity index (χ3v) is 4.24. The molecule has 3 rings (SSSR count). The number of aromatic nitrogens is 2. The molecule has 7 heteroatoms. The van der Waals surface area contributed by atoms with Crippen molar-refractivity contribution in [2.45, 2.75) is 6.92 Å². The van der Waals surface area contributed by atoms with Gasteiger partial charge in [-0.05, 0) is 31.2 Å². The highest BCUT2D eigenvalue weighted by Gasteiger charge is 2.14. The second-order valence-corrected chi connectivity index (χ2v) is 5.76. The lowest BCUT2D eigenvalue weighted by Gasteiger charge is -2.02. The molecule has 23 heavy (non-hydrogen) atoms. The number of nitrogens with one attached hydrogen (secondary N) is 1. The van der Waals surface area contributed by atoms with Crippen LogP contribution in [-0.4, -0.2) is 15.9 Å². The van der Waals surface area contributed by atoms with E-state index in [0.717, 1.165) is 28.3 Å². The first-order chi connectivity index (χ1) is 11.0. The van der Waals surface area contributed by atoms with Gasteiger partial charge in [-0.25, -0.2) is 13.8 Å². The number of carbonyl (C=O) groups excluding carboxylic acids is 1. The van der Waals surface area contributed by atoms with Gasteiger partial charge in [0, 0.05) is 23.5 Å². The number of hydrogen-bond acceptors (Lipinski definition) is 4. The predicted molar refractivity (Wildman–Crippen MR) is 84.4 cm³/mol. The Morgan fingerprint density at radius 1 is 1.22 bits per heavy atom. The highest BCUT2D eigenvalue weighted by Crippen LogP contribution is 2.32. The SMILES string of the molecule is Cc1nc(NC(=O)c2ccc(F)c(F)c2)sc1-c1cccnc1. The minimum Gasteiger partial charge on any atom is -0.298 e. The van der Waals surface area contributed by atoms with Crippen LogP contribution in [0.3, 0.4) is 0 Å². The van der Waals surface area contributed by atoms with Gasteiger partial charge in [0.2, 0.25) is 0 Å². The number of pyridine rings is 1. The van der Waals surface area contributed by atoms with E-state index in [4.69, 9.17) is 0 Å². The summed E-state index contributed by atoms with van der Waals surface area (Å²) in [6.45, 7) is 1.83. The van der Waals surface area contributed by atoms with Crippen molar-refractivity contribution in [1.29, 1.82) is 0 Å². The van der Waals surface area contributed by atoms with Gasteiger partial charge in [0.15, 0.2) is 16.8 Å². The molecule has 0 bridgehead atoms. The Hall–Kier alpha value is -2.67. The van der Waals surface area contributed by atoms with Crippen LogP contribution in [0.15, 0.2) is 42.7 Å². The molecule has 0 saturated heterocycles. The first kappa shape index (κ1) is 15.2. The Balaban J connectivity index is 1.83. The predicted octanol–water partition coefficient (Wildman–Crippen LogP) is 4.04. The van der Waals surface area contributed by atoms with Gasteiger partial charge in [-0.3, -0.25) is 15.1 Å². The van der Waals surface area contributed by atoms with Crippen molar-refractivity contribution in [2.24, 2.45) is 0 Å². The summed E-state index contributed by atoms with van der Waals surface area (Å²) in [7, 11) is 0. The van der Waals surface area contributed by atoms with Crippen molar-refractivity contribution >= 4 is 22.4 Å². The lowest BCUT2D eigenvalue weighted by atomic mass is 10.2. The summed E-state index contributed by atoms with van der Waals surface area (Å²) in [5.74, 6) is -2.61. The molecule has 0 atom stereocenters. The van der Waals surface area contributed by atoms with Crippen LogP contribution in [0.25, 0.3) is 10.4 Å². The molecule has 116 valence electrons. The molecule has 1 amide bonds. The van der Waals surface area contributed by atoms with Gasteiger partial charge < -0.3 is 0 Å². The van der Waals surface area contributed by atoms with Gasteiger partial charge in [-0.1, -0.05) is 17.4 Å². The van der Waals surface area contributed by atoms with Gasteiger partial charge in [0.05, 0.1) is 10.6 Å². The maximum Gasteiger partial charge on any atom is 0.257 e. The molecule has 3 aromatic rings. The fraction of sp³-hybridized carbons (Fsp3) is 0.0625. The fourth-order valence-electron chi connectivity index (χ4n) is 2.02. The fourth-order valence-corrected chi connectivity index (χ4v) is 2.97. The van der Waals surface area contributed by atoms with E-state index in [2.05, 4.69) is 15.3 Å². The second kappa shape index (κ2) is 6.21. The number of nitrogens with zero attached hydrogens (tertiary/aromatic N) is 2. The van der Waals surface area contributed by atoms with Crippen LogP contribution in [0.5, 0.6) is 0 Å². The van der Waals surface area contributed by atoms with Crippen molar-refractivity contribution in [3.8, 4) is 10.4 Å². The van der Waals surface area contributed by atoms with Gasteiger partial charge in [-0.15, -0.1) is 0 Å². The Morgan fingerprint density at radius 3 is 2.74 bits per heavy atom. The van der Waals surface area contributed by atoms with E-state index in [9.17, 15) is 13.6 Å². The number of benzene rings is 1. The van der Waals surface area contributed by atoms with E-state index < -0.39 is 17.5 Å². The summed E-state index contributed by atoms with van der Waals surface area (Å²) in [6, 6.07) is 6.70. The number of hydrogen-bond donors (Lipinski definition) is 1. The Labute approximate surface area is 134 Å². The van der Waals surface area contributed by atoms with E-state index in [1.54, 1.807) is 12.4 Å². The lowest BCUT2D eigenvalue weighted by molar-refractivity contribution is 0.102. The quantitative estimate of drug-likeness (QED) is 0.788. The zero-order chi connectivity index (χ0) is 16.4. The molecule has 2 aromatic heterocycles. The van der Waals surface area contributed by atoms with E-state index in [-0.39, 0.29) is 5.56 Å². The van der Waals surface area contributed by atoms with E-state index >= 15 is 0 Å². The maximum absolute atomic E-state index is 13.2. The van der Waals surface area contributed by atoms with Crippen LogP contribution in [0.2, 0.25) is 0 Å². The minimum absolute atomic E-state index is 0.0275. The number of carbonyl (C=O) groups is 1. The standard InChI is InChI=1S/C16H11F2N3OS/c1-9-14(11-3-2-6-19-8-11)23-16(20-9)21-15(22)10-4-5-12(17)13(18)7-10/h2-8H,1H3,(H,20,21,22). The molecule has 0 aliphatic rings. The average molecular weight is 331 g/mol. The zero-order valence-electron chi connectivity index (χ0n) is 12.0. The summed E-state index contributed by atoms with van der Waals surface area (Å²) >= 11 is 1.29. The zero-order valence-corrected chi connectivity index (χ0v) is 12.8. The molecule has 2 heterocycles. The van der Waals surface area contributed by atoms with Crippen molar-refractivity contribution in [3.05, 3.63) is 65.6 Å². The van der Waals surface area contributed by atoms with E-state index in [1.165, 1.54) is 17.4 Å². The second-order valence-electron chi connectivity index (χ2n) is 4.76. The van der Waals surface area contributed by atoms with Gasteiger partial charge in [0.1, 0.15) is 0 Å². The normalized spacial score (nSPS) is 10.6. The summed E-state index contributed by atoms with van der Waals surface area (Å²) in [5.41, 5.74) is 1.68. The van der Waals surface area contributed by atoms with Crippen LogP contribution in [-0.2, 0) is 0 Å². The van der Waals surface area contributed by atoms with E-state index in [0.29, 0.717) is 5.13 Å². The molecule has 1 aromatic carbocycles. The number of halogens is 2. The maximum atomic E-state index is 13.2. The molecule has 0 saturated carbocycles. The summed E-state index contributed by atoms with van der Waals surface area (Å²) in [4.78, 5) is 21.3. The third kappa shape index (κ3) is 3.24. The largest absolute Gasteiger partial charge is 0.298 e. The summed E-state index contributed by atoms with van der Waals surface area (Å²) in [5, 5.41) is 2.98. The summed E-state index contributed by atoms with van der Waals surface area (Å²) < 4.78 is 26.1. The number of aryl methyl sites for hydroxylation is 1. The molecule has 0 aliphatic carbocycles. The molecule has 0 aliphatic heterocycles. The van der Waals surface area contributed by atoms with Gasteiger partial charge in [0.25, 0.3) is 5.91 Å². The van der Waals surface area contributed by atoms with Crippen molar-refractivity contribution in [3.63, 3.8) is 0 Å². The number of thiazole rings is 1. The monoisotopic (exact) mass is 331 g/mol. The first-order valence-electron chi connectivity index (χ1n) is 6.69. The molecule has 0 radical (unpaired) electrons. The molecule has 4 nitrogen and oxygen atoms in total. The smallest absolute Gasteiger partial charge is 0.257 e. The molecule has 0 fully saturated rings. The van der Waals surface area contributed by atoms with Gasteiger partial charge >= 0.3 is 0 Å². The third-order valence-electron chi connectivity index (χ3n) is 3.12.